The molecule has 0 bridgehead atoms. The van der Waals surface area contributed by atoms with E-state index in [9.17, 15) is 14.4 Å². The molecule has 0 spiro atoms. The molecule has 0 N–H and O–H groups in total. The monoisotopic (exact) mass is 165 g/mol. The molecule has 1 amide bonds. The van der Waals surface area contributed by atoms with Crippen LogP contribution in [0.4, 0.5) is 0 Å². The highest BCUT2D eigenvalue weighted by Gasteiger charge is 2.39. The first-order valence-electron chi connectivity index (χ1n) is 3.72. The first kappa shape index (κ1) is 7.21. The molecule has 2 aliphatic rings. The van der Waals surface area contributed by atoms with Crippen LogP contribution in [0.5, 0.6) is 0 Å². The van der Waals surface area contributed by atoms with E-state index in [1.165, 1.54) is 17.1 Å². The third-order valence-corrected chi connectivity index (χ3v) is 2.10. The lowest BCUT2D eigenvalue weighted by Crippen LogP contribution is -2.40. The average Bonchev–Trinajstić information content (AvgIpc) is 2.28. The van der Waals surface area contributed by atoms with E-state index < -0.39 is 6.04 Å². The first-order chi connectivity index (χ1) is 5.68. The van der Waals surface area contributed by atoms with E-state index in [1.807, 2.05) is 0 Å². The van der Waals surface area contributed by atoms with Gasteiger partial charge in [0.2, 0.25) is 5.91 Å². The lowest BCUT2D eigenvalue weighted by molar-refractivity contribution is -0.132. The summed E-state index contributed by atoms with van der Waals surface area (Å²) in [6.45, 7) is 0.0612. The number of amides is 1. The predicted molar refractivity (Wildman–Crippen MR) is 39.3 cm³/mol. The van der Waals surface area contributed by atoms with Crippen LogP contribution >= 0.6 is 0 Å². The van der Waals surface area contributed by atoms with Crippen LogP contribution in [-0.4, -0.2) is 35.0 Å². The maximum atomic E-state index is 11.1. The number of rotatable bonds is 0. The zero-order valence-electron chi connectivity index (χ0n) is 6.32. The highest BCUT2D eigenvalue weighted by Crippen LogP contribution is 2.18. The summed E-state index contributed by atoms with van der Waals surface area (Å²) in [5.74, 6) is -0.458. The van der Waals surface area contributed by atoms with Crippen LogP contribution in [0.1, 0.15) is 6.42 Å². The SMILES string of the molecule is O=C1C=CC2C(=O)CC(=O)N2C1. The summed E-state index contributed by atoms with van der Waals surface area (Å²) < 4.78 is 0. The molecule has 62 valence electrons. The van der Waals surface area contributed by atoms with E-state index in [-0.39, 0.29) is 30.4 Å². The Morgan fingerprint density at radius 2 is 2.08 bits per heavy atom. The Morgan fingerprint density at radius 1 is 1.33 bits per heavy atom. The number of Topliss-reactive ketones (excluding diaryl/α,β-unsaturated/α-hetero) is 1. The second-order valence-electron chi connectivity index (χ2n) is 2.93. The maximum absolute atomic E-state index is 11.1. The topological polar surface area (TPSA) is 54.5 Å². The summed E-state index contributed by atoms with van der Waals surface area (Å²) in [5, 5.41) is 0. The zero-order valence-corrected chi connectivity index (χ0v) is 6.32. The highest BCUT2D eigenvalue weighted by molar-refractivity contribution is 6.11. The van der Waals surface area contributed by atoms with Crippen molar-refractivity contribution < 1.29 is 14.4 Å². The molecule has 2 heterocycles. The molecule has 0 aromatic heterocycles. The Kier molecular flexibility index (Phi) is 1.36. The molecule has 0 saturated carbocycles. The minimum absolute atomic E-state index is 0.0533. The van der Waals surface area contributed by atoms with Gasteiger partial charge in [-0.15, -0.1) is 0 Å². The predicted octanol–water partition coefficient (Wildman–Crippen LogP) is -0.705. The van der Waals surface area contributed by atoms with Crippen molar-refractivity contribution >= 4 is 17.5 Å². The summed E-state index contributed by atoms with van der Waals surface area (Å²) >= 11 is 0. The molecule has 0 radical (unpaired) electrons. The Labute approximate surface area is 68.8 Å². The van der Waals surface area contributed by atoms with Crippen molar-refractivity contribution in [3.8, 4) is 0 Å². The maximum Gasteiger partial charge on any atom is 0.231 e. The molecule has 1 fully saturated rings. The Bertz CT molecular complexity index is 305. The van der Waals surface area contributed by atoms with Crippen LogP contribution < -0.4 is 0 Å². The van der Waals surface area contributed by atoms with Gasteiger partial charge in [-0.3, -0.25) is 14.4 Å². The van der Waals surface area contributed by atoms with Gasteiger partial charge in [-0.25, -0.2) is 0 Å². The molecule has 1 atom stereocenters. The van der Waals surface area contributed by atoms with E-state index in [0.717, 1.165) is 0 Å². The van der Waals surface area contributed by atoms with Gasteiger partial charge in [-0.05, 0) is 6.08 Å². The minimum Gasteiger partial charge on any atom is -0.321 e. The van der Waals surface area contributed by atoms with Gasteiger partial charge in [0.25, 0.3) is 0 Å². The van der Waals surface area contributed by atoms with Crippen LogP contribution in [-0.2, 0) is 14.4 Å². The number of carbonyl (C=O) groups is 3. The first-order valence-corrected chi connectivity index (χ1v) is 3.72. The number of ketones is 2. The molecular weight excluding hydrogens is 158 g/mol. The molecule has 2 aliphatic heterocycles. The van der Waals surface area contributed by atoms with Crippen LogP contribution in [0.25, 0.3) is 0 Å². The second-order valence-corrected chi connectivity index (χ2v) is 2.93. The molecule has 2 rings (SSSR count). The van der Waals surface area contributed by atoms with E-state index >= 15 is 0 Å². The van der Waals surface area contributed by atoms with Crippen LogP contribution in [0.2, 0.25) is 0 Å². The standard InChI is InChI=1S/C8H7NO3/c10-5-1-2-6-7(11)3-8(12)9(6)4-5/h1-2,6H,3-4H2. The van der Waals surface area contributed by atoms with Crippen molar-refractivity contribution in [2.75, 3.05) is 6.54 Å². The smallest absolute Gasteiger partial charge is 0.231 e. The fourth-order valence-electron chi connectivity index (χ4n) is 1.50. The summed E-state index contributed by atoms with van der Waals surface area (Å²) in [4.78, 5) is 34.4. The van der Waals surface area contributed by atoms with Crippen molar-refractivity contribution in [2.45, 2.75) is 12.5 Å². The van der Waals surface area contributed by atoms with Crippen molar-refractivity contribution in [3.05, 3.63) is 12.2 Å². The van der Waals surface area contributed by atoms with Gasteiger partial charge in [0.15, 0.2) is 11.6 Å². The van der Waals surface area contributed by atoms with Gasteiger partial charge < -0.3 is 4.90 Å². The summed E-state index contributed by atoms with van der Waals surface area (Å²) in [6.07, 6.45) is 2.82. The van der Waals surface area contributed by atoms with Crippen molar-refractivity contribution in [2.24, 2.45) is 0 Å². The second kappa shape index (κ2) is 2.27. The molecule has 1 unspecified atom stereocenters. The van der Waals surface area contributed by atoms with Gasteiger partial charge >= 0.3 is 0 Å². The molecule has 0 aromatic rings. The van der Waals surface area contributed by atoms with Crippen LogP contribution in [0.3, 0.4) is 0 Å². The third kappa shape index (κ3) is 0.879. The fourth-order valence-corrected chi connectivity index (χ4v) is 1.50. The Balaban J connectivity index is 2.34. The third-order valence-electron chi connectivity index (χ3n) is 2.10. The molecule has 4 nitrogen and oxygen atoms in total. The number of hydrogen-bond acceptors (Lipinski definition) is 3. The Hall–Kier alpha value is -1.45. The number of hydrogen-bond donors (Lipinski definition) is 0. The molecule has 1 saturated heterocycles. The van der Waals surface area contributed by atoms with Crippen LogP contribution in [0, 0.1) is 0 Å². The van der Waals surface area contributed by atoms with Gasteiger partial charge in [-0.2, -0.15) is 0 Å². The summed E-state index contributed by atoms with van der Waals surface area (Å²) in [6, 6.07) is -0.463. The van der Waals surface area contributed by atoms with Gasteiger partial charge in [0, 0.05) is 0 Å². The minimum atomic E-state index is -0.463. The van der Waals surface area contributed by atoms with Gasteiger partial charge in [0.05, 0.1) is 13.0 Å². The zero-order chi connectivity index (χ0) is 8.72. The lowest BCUT2D eigenvalue weighted by Gasteiger charge is -2.22. The van der Waals surface area contributed by atoms with E-state index in [2.05, 4.69) is 0 Å². The van der Waals surface area contributed by atoms with Crippen LogP contribution in [0.15, 0.2) is 12.2 Å². The number of nitrogens with zero attached hydrogens (tertiary/aromatic N) is 1. The molecule has 0 aliphatic carbocycles. The fraction of sp³-hybridized carbons (Fsp3) is 0.375. The normalized spacial score (nSPS) is 28.2. The van der Waals surface area contributed by atoms with E-state index in [1.54, 1.807) is 0 Å². The van der Waals surface area contributed by atoms with Crippen molar-refractivity contribution in [3.63, 3.8) is 0 Å². The molecular formula is C8H7NO3. The summed E-state index contributed by atoms with van der Waals surface area (Å²) in [5.41, 5.74) is 0. The molecule has 12 heavy (non-hydrogen) atoms. The Morgan fingerprint density at radius 3 is 2.83 bits per heavy atom. The van der Waals surface area contributed by atoms with Crippen molar-refractivity contribution in [1.29, 1.82) is 0 Å². The summed E-state index contributed by atoms with van der Waals surface area (Å²) in [7, 11) is 0. The molecule has 4 heteroatoms. The highest BCUT2D eigenvalue weighted by atomic mass is 16.2. The van der Waals surface area contributed by atoms with Gasteiger partial charge in [-0.1, -0.05) is 6.08 Å². The van der Waals surface area contributed by atoms with Crippen molar-refractivity contribution in [1.82, 2.24) is 4.90 Å². The number of fused-ring (bicyclic) bond motifs is 1. The van der Waals surface area contributed by atoms with E-state index in [0.29, 0.717) is 0 Å². The van der Waals surface area contributed by atoms with Gasteiger partial charge in [0.1, 0.15) is 6.04 Å². The largest absolute Gasteiger partial charge is 0.321 e. The van der Waals surface area contributed by atoms with E-state index in [4.69, 9.17) is 0 Å². The molecule has 0 aromatic carbocycles. The lowest BCUT2D eigenvalue weighted by atomic mass is 10.1. The number of carbonyl (C=O) groups excluding carboxylic acids is 3. The average molecular weight is 165 g/mol. The quantitative estimate of drug-likeness (QED) is 0.446.